The molecule has 0 aliphatic carbocycles. The van der Waals surface area contributed by atoms with Crippen molar-refractivity contribution in [1.82, 2.24) is 0 Å². The minimum atomic E-state index is -2.00. The highest BCUT2D eigenvalue weighted by Gasteiger charge is 2.46. The number of carbonyl (C=O) groups excluding carboxylic acids is 1. The molecule has 1 aliphatic heterocycles. The lowest BCUT2D eigenvalue weighted by Gasteiger charge is -2.48. The molecule has 290 valence electrons. The van der Waals surface area contributed by atoms with Crippen molar-refractivity contribution in [3.05, 3.63) is 12.2 Å². The minimum absolute atomic E-state index is 0.00897. The zero-order chi connectivity index (χ0) is 37.4. The average Bonchev–Trinajstić information content (AvgIpc) is 3.13. The summed E-state index contributed by atoms with van der Waals surface area (Å²) in [6.45, 7) is 35.6. The van der Waals surface area contributed by atoms with Crippen LogP contribution < -0.4 is 0 Å². The first-order valence-electron chi connectivity index (χ1n) is 20.7. The maximum absolute atomic E-state index is 12.4. The highest BCUT2D eigenvalue weighted by molar-refractivity contribution is 6.74. The lowest BCUT2D eigenvalue weighted by Crippen LogP contribution is -2.55. The third kappa shape index (κ3) is 13.0. The van der Waals surface area contributed by atoms with Crippen LogP contribution in [0.3, 0.4) is 0 Å². The maximum atomic E-state index is 12.4. The second-order valence-corrected chi connectivity index (χ2v) is 29.8. The quantitative estimate of drug-likeness (QED) is 0.0527. The summed E-state index contributed by atoms with van der Waals surface area (Å²) in [5.41, 5.74) is 0. The molecule has 1 heterocycles. The molecule has 0 amide bonds. The Kier molecular flexibility index (Phi) is 21.6. The van der Waals surface area contributed by atoms with Gasteiger partial charge in [-0.15, -0.1) is 0 Å². The zero-order valence-corrected chi connectivity index (χ0v) is 38.0. The summed E-state index contributed by atoms with van der Waals surface area (Å²) in [7, 11) is -5.64. The first-order chi connectivity index (χ1) is 23.2. The third-order valence-corrected chi connectivity index (χ3v) is 27.0. The molecule has 49 heavy (non-hydrogen) atoms. The van der Waals surface area contributed by atoms with Gasteiger partial charge >= 0.3 is 5.97 Å². The first-order valence-corrected chi connectivity index (χ1v) is 28.3. The number of ether oxygens (including phenoxy) is 2. The van der Waals surface area contributed by atoms with Gasteiger partial charge in [-0.1, -0.05) is 103 Å². The van der Waals surface area contributed by atoms with E-state index in [4.69, 9.17) is 22.8 Å². The van der Waals surface area contributed by atoms with Gasteiger partial charge in [0.2, 0.25) is 0 Å². The Morgan fingerprint density at radius 2 is 1.18 bits per heavy atom. The van der Waals surface area contributed by atoms with E-state index in [2.05, 4.69) is 96.9 Å². The highest BCUT2D eigenvalue weighted by atomic mass is 28.4. The summed E-state index contributed by atoms with van der Waals surface area (Å²) in [5.74, 6) is 0.870. The van der Waals surface area contributed by atoms with Crippen molar-refractivity contribution in [3.63, 3.8) is 0 Å². The Hall–Kier alpha value is -0.299. The summed E-state index contributed by atoms with van der Waals surface area (Å²) in [6.07, 6.45) is 6.11. The van der Waals surface area contributed by atoms with Crippen LogP contribution >= 0.6 is 0 Å². The van der Waals surface area contributed by atoms with Crippen LogP contribution in [0.2, 0.25) is 54.4 Å². The van der Waals surface area contributed by atoms with Crippen LogP contribution in [0.5, 0.6) is 0 Å². The third-order valence-electron chi connectivity index (χ3n) is 13.1. The van der Waals surface area contributed by atoms with Gasteiger partial charge in [0.25, 0.3) is 0 Å². The summed E-state index contributed by atoms with van der Waals surface area (Å²) >= 11 is 0. The number of rotatable bonds is 25. The first kappa shape index (κ1) is 46.7. The largest absolute Gasteiger partial charge is 0.463 e. The molecular formula is C40H82O6Si3. The molecule has 0 N–H and O–H groups in total. The Labute approximate surface area is 308 Å². The smallest absolute Gasteiger partial charge is 0.330 e. The summed E-state index contributed by atoms with van der Waals surface area (Å²) in [6, 6.07) is 10.1. The fraction of sp³-hybridized carbons (Fsp3) is 0.925. The predicted molar refractivity (Wildman–Crippen MR) is 217 cm³/mol. The Bertz CT molecular complexity index is 910. The molecule has 6 nitrogen and oxygen atoms in total. The second-order valence-electron chi connectivity index (χ2n) is 15.6. The summed E-state index contributed by atoms with van der Waals surface area (Å²) in [4.78, 5) is 12.4. The Morgan fingerprint density at radius 3 is 1.63 bits per heavy atom. The van der Waals surface area contributed by atoms with E-state index >= 15 is 0 Å². The van der Waals surface area contributed by atoms with Crippen LogP contribution in [0, 0.1) is 29.6 Å². The van der Waals surface area contributed by atoms with Crippen LogP contribution in [0.25, 0.3) is 0 Å². The van der Waals surface area contributed by atoms with E-state index in [0.717, 1.165) is 55.7 Å². The van der Waals surface area contributed by atoms with Crippen molar-refractivity contribution >= 4 is 30.9 Å². The minimum Gasteiger partial charge on any atom is -0.463 e. The molecule has 0 aromatic rings. The number of esters is 1. The van der Waals surface area contributed by atoms with E-state index in [1.54, 1.807) is 6.08 Å². The van der Waals surface area contributed by atoms with Crippen molar-refractivity contribution < 1.29 is 27.5 Å². The van der Waals surface area contributed by atoms with E-state index in [-0.39, 0.29) is 48.1 Å². The fourth-order valence-electron chi connectivity index (χ4n) is 8.40. The normalized spacial score (nSPS) is 23.2. The molecule has 0 unspecified atom stereocenters. The molecule has 9 heteroatoms. The number of carbonyl (C=O) groups is 1. The molecule has 1 rings (SSSR count). The van der Waals surface area contributed by atoms with E-state index < -0.39 is 25.0 Å². The average molecular weight is 743 g/mol. The molecule has 9 atom stereocenters. The van der Waals surface area contributed by atoms with Gasteiger partial charge in [-0.25, -0.2) is 4.79 Å². The lowest BCUT2D eigenvalue weighted by atomic mass is 9.77. The molecular weight excluding hydrogens is 661 g/mol. The SMILES string of the molecule is CCOC(=O)/C=C/[C@H](C)[C@H](O[Si](CC)(CC)CC)[C@H](C)[C@H](O[Si](CC)(CC)CC)[C@H](C)[C@H]1O[C@H]([C@H](C)CO[Si](CC)(CC)CC)CC[C@@H]1C. The van der Waals surface area contributed by atoms with E-state index in [0.29, 0.717) is 18.4 Å². The van der Waals surface area contributed by atoms with Gasteiger partial charge in [0.1, 0.15) is 0 Å². The molecule has 1 saturated heterocycles. The van der Waals surface area contributed by atoms with Gasteiger partial charge in [0.05, 0.1) is 31.0 Å². The number of hydrogen-bond acceptors (Lipinski definition) is 6. The fourth-order valence-corrected chi connectivity index (χ4v) is 17.1. The Morgan fingerprint density at radius 1 is 0.714 bits per heavy atom. The summed E-state index contributed by atoms with van der Waals surface area (Å²) < 4.78 is 34.3. The highest BCUT2D eigenvalue weighted by Crippen LogP contribution is 2.41. The van der Waals surface area contributed by atoms with Crippen molar-refractivity contribution in [2.75, 3.05) is 13.2 Å². The summed E-state index contributed by atoms with van der Waals surface area (Å²) in [5, 5.41) is 0. The Balaban J connectivity index is 3.61. The predicted octanol–water partition coefficient (Wildman–Crippen LogP) is 11.6. The van der Waals surface area contributed by atoms with E-state index in [1.165, 1.54) is 18.1 Å². The number of hydrogen-bond donors (Lipinski definition) is 0. The zero-order valence-electron chi connectivity index (χ0n) is 35.0. The van der Waals surface area contributed by atoms with Gasteiger partial charge in [0.15, 0.2) is 25.0 Å². The van der Waals surface area contributed by atoms with E-state index in [9.17, 15) is 4.79 Å². The van der Waals surface area contributed by atoms with Crippen LogP contribution in [-0.2, 0) is 27.5 Å². The molecule has 0 radical (unpaired) electrons. The topological polar surface area (TPSA) is 63.2 Å². The monoisotopic (exact) mass is 743 g/mol. The van der Waals surface area contributed by atoms with Crippen LogP contribution in [0.1, 0.15) is 117 Å². The molecule has 1 aliphatic rings. The van der Waals surface area contributed by atoms with Gasteiger partial charge in [-0.05, 0) is 86.0 Å². The maximum Gasteiger partial charge on any atom is 0.330 e. The molecule has 0 saturated carbocycles. The molecule has 1 fully saturated rings. The van der Waals surface area contributed by atoms with Crippen molar-refractivity contribution in [2.24, 2.45) is 29.6 Å². The van der Waals surface area contributed by atoms with E-state index in [1.807, 2.05) is 13.0 Å². The van der Waals surface area contributed by atoms with Gasteiger partial charge in [-0.3, -0.25) is 0 Å². The van der Waals surface area contributed by atoms with Crippen LogP contribution in [-0.4, -0.2) is 68.6 Å². The standard InChI is InChI=1S/C40H82O6Si3/c1-16-42-37(41)29-27-32(12)39(45-48(20-5,21-6)22-7)35(15)40(46-49(23-8,24-9)25-10)34(14)38-31(11)26-28-36(44-38)33(13)30-43-47(17-2,18-3)19-4/h27,29,31-36,38-40H,16-26,28,30H2,1-15H3/b29-27+/t31-,32-,33+,34+,35-,36-,38-,39-,40+/m0/s1. The van der Waals surface area contributed by atoms with Crippen LogP contribution in [0.4, 0.5) is 0 Å². The van der Waals surface area contributed by atoms with Crippen LogP contribution in [0.15, 0.2) is 12.2 Å². The lowest BCUT2D eigenvalue weighted by molar-refractivity contribution is -0.150. The van der Waals surface area contributed by atoms with Gasteiger partial charge in [0, 0.05) is 30.4 Å². The van der Waals surface area contributed by atoms with Crippen molar-refractivity contribution in [3.8, 4) is 0 Å². The van der Waals surface area contributed by atoms with Crippen molar-refractivity contribution in [1.29, 1.82) is 0 Å². The molecule has 0 bridgehead atoms. The van der Waals surface area contributed by atoms with Gasteiger partial charge < -0.3 is 22.8 Å². The molecule has 0 aromatic heterocycles. The second kappa shape index (κ2) is 22.7. The van der Waals surface area contributed by atoms with Crippen molar-refractivity contribution in [2.45, 2.75) is 196 Å². The van der Waals surface area contributed by atoms with Gasteiger partial charge in [-0.2, -0.15) is 0 Å². The molecule has 0 spiro atoms. The molecule has 0 aromatic carbocycles.